The van der Waals surface area contributed by atoms with Crippen molar-refractivity contribution < 1.29 is 5.11 Å². The predicted molar refractivity (Wildman–Crippen MR) is 150 cm³/mol. The number of pyridine rings is 2. The van der Waals surface area contributed by atoms with Crippen molar-refractivity contribution in [2.24, 2.45) is 5.41 Å². The lowest BCUT2D eigenvalue weighted by Gasteiger charge is -2.40. The number of halogens is 1. The number of rotatable bonds is 6. The van der Waals surface area contributed by atoms with Crippen LogP contribution in [0.25, 0.3) is 5.65 Å². The molecule has 0 atom stereocenters. The molecule has 1 spiro atoms. The number of nitrogens with zero attached hydrogens (tertiary/aromatic N) is 7. The number of fused-ring (bicyclic) bond motifs is 2. The summed E-state index contributed by atoms with van der Waals surface area (Å²) in [5, 5.41) is 10.2. The van der Waals surface area contributed by atoms with Gasteiger partial charge in [-0.05, 0) is 62.2 Å². The number of aliphatic hydroxyl groups is 1. The molecule has 0 radical (unpaired) electrons. The predicted octanol–water partition coefficient (Wildman–Crippen LogP) is 3.36. The van der Waals surface area contributed by atoms with Crippen LogP contribution in [0.2, 0.25) is 5.02 Å². The molecule has 1 N–H and O–H groups in total. The number of hydrogen-bond donors (Lipinski definition) is 1. The summed E-state index contributed by atoms with van der Waals surface area (Å²) in [6.07, 6.45) is 12.5. The van der Waals surface area contributed by atoms with Gasteiger partial charge >= 0.3 is 0 Å². The number of piperidine rings is 1. The first-order chi connectivity index (χ1) is 18.0. The highest BCUT2D eigenvalue weighted by Gasteiger charge is 2.41. The van der Waals surface area contributed by atoms with E-state index < -0.39 is 0 Å². The summed E-state index contributed by atoms with van der Waals surface area (Å²) in [4.78, 5) is 24.8. The first kappa shape index (κ1) is 24.5. The Bertz CT molecular complexity index is 1430. The van der Waals surface area contributed by atoms with E-state index in [9.17, 15) is 5.11 Å². The van der Waals surface area contributed by atoms with Gasteiger partial charge in [0.05, 0.1) is 15.6 Å². The molecule has 5 heterocycles. The van der Waals surface area contributed by atoms with E-state index in [-0.39, 0.29) is 6.73 Å². The summed E-state index contributed by atoms with van der Waals surface area (Å²) >= 11 is 8.28. The van der Waals surface area contributed by atoms with Crippen LogP contribution < -0.4 is 9.80 Å². The lowest BCUT2D eigenvalue weighted by Crippen LogP contribution is -2.42. The van der Waals surface area contributed by atoms with Gasteiger partial charge in [0, 0.05) is 48.5 Å². The number of imidazole rings is 1. The topological polar surface area (TPSA) is 82.7 Å². The molecule has 8 nitrogen and oxygen atoms in total. The lowest BCUT2D eigenvalue weighted by atomic mass is 9.76. The van der Waals surface area contributed by atoms with Crippen molar-refractivity contribution in [2.75, 3.05) is 36.1 Å². The Balaban J connectivity index is 1.26. The third-order valence-electron chi connectivity index (χ3n) is 7.75. The van der Waals surface area contributed by atoms with E-state index in [0.717, 1.165) is 65.9 Å². The van der Waals surface area contributed by atoms with E-state index in [2.05, 4.69) is 31.4 Å². The molecular weight excluding hydrogens is 505 g/mol. The van der Waals surface area contributed by atoms with E-state index >= 15 is 0 Å². The minimum absolute atomic E-state index is 0.142. The van der Waals surface area contributed by atoms with E-state index in [0.29, 0.717) is 22.7 Å². The van der Waals surface area contributed by atoms with Crippen LogP contribution >= 0.6 is 23.4 Å². The van der Waals surface area contributed by atoms with Gasteiger partial charge in [-0.15, -0.1) is 0 Å². The van der Waals surface area contributed by atoms with Crippen molar-refractivity contribution >= 4 is 48.6 Å². The van der Waals surface area contributed by atoms with Gasteiger partial charge in [0.2, 0.25) is 5.95 Å². The zero-order valence-electron chi connectivity index (χ0n) is 21.1. The third-order valence-corrected chi connectivity index (χ3v) is 9.48. The largest absolute Gasteiger partial charge is 0.376 e. The number of aromatic nitrogens is 5. The number of hydrogen-bond acceptors (Lipinski definition) is 8. The SMILES string of the molecule is BCN(CO)c1nccc(Sc2c(C)nc(N3CCC4(CC3)Cc3cccnc3C4)n3ccnc23)c1Cl. The highest BCUT2D eigenvalue weighted by atomic mass is 35.5. The minimum atomic E-state index is -0.142. The highest BCUT2D eigenvalue weighted by molar-refractivity contribution is 7.99. The minimum Gasteiger partial charge on any atom is -0.376 e. The Hall–Kier alpha value is -2.82. The Morgan fingerprint density at radius 2 is 1.97 bits per heavy atom. The van der Waals surface area contributed by atoms with Gasteiger partial charge < -0.3 is 14.9 Å². The van der Waals surface area contributed by atoms with Gasteiger partial charge in [0.1, 0.15) is 20.4 Å². The summed E-state index contributed by atoms with van der Waals surface area (Å²) in [7, 11) is 1.96. The van der Waals surface area contributed by atoms with Crippen molar-refractivity contribution in [1.29, 1.82) is 0 Å². The maximum Gasteiger partial charge on any atom is 0.211 e. The van der Waals surface area contributed by atoms with Crippen molar-refractivity contribution in [1.82, 2.24) is 24.3 Å². The Kier molecular flexibility index (Phi) is 6.50. The maximum absolute atomic E-state index is 9.70. The van der Waals surface area contributed by atoms with Crippen LogP contribution in [0.3, 0.4) is 0 Å². The zero-order valence-corrected chi connectivity index (χ0v) is 22.6. The maximum atomic E-state index is 9.70. The van der Waals surface area contributed by atoms with Gasteiger partial charge in [-0.25, -0.2) is 15.0 Å². The van der Waals surface area contributed by atoms with E-state index in [1.54, 1.807) is 11.1 Å². The van der Waals surface area contributed by atoms with Gasteiger partial charge in [0.25, 0.3) is 0 Å². The van der Waals surface area contributed by atoms with Crippen molar-refractivity contribution in [3.05, 3.63) is 65.0 Å². The zero-order chi connectivity index (χ0) is 25.6. The number of anilines is 2. The molecule has 4 aromatic heterocycles. The molecule has 1 fully saturated rings. The molecule has 0 bridgehead atoms. The average Bonchev–Trinajstić information content (AvgIpc) is 3.53. The van der Waals surface area contributed by atoms with Crippen LogP contribution in [0, 0.1) is 12.3 Å². The van der Waals surface area contributed by atoms with Gasteiger partial charge in [-0.2, -0.15) is 0 Å². The summed E-state index contributed by atoms with van der Waals surface area (Å²) in [6, 6.07) is 6.19. The second-order valence-corrected chi connectivity index (χ2v) is 11.4. The first-order valence-corrected chi connectivity index (χ1v) is 13.9. The summed E-state index contributed by atoms with van der Waals surface area (Å²) < 4.78 is 2.10. The monoisotopic (exact) mass is 533 g/mol. The second kappa shape index (κ2) is 9.81. The molecule has 0 unspecified atom stereocenters. The van der Waals surface area contributed by atoms with Crippen LogP contribution in [-0.4, -0.2) is 63.6 Å². The Morgan fingerprint density at radius 1 is 1.14 bits per heavy atom. The fourth-order valence-corrected chi connectivity index (χ4v) is 6.99. The van der Waals surface area contributed by atoms with Gasteiger partial charge in [-0.3, -0.25) is 9.38 Å². The summed E-state index contributed by atoms with van der Waals surface area (Å²) in [5.41, 5.74) is 4.81. The third kappa shape index (κ3) is 4.34. The summed E-state index contributed by atoms with van der Waals surface area (Å²) in [5.74, 6) is 1.52. The van der Waals surface area contributed by atoms with Crippen molar-refractivity contribution in [3.63, 3.8) is 0 Å². The van der Waals surface area contributed by atoms with Crippen LogP contribution in [-0.2, 0) is 12.8 Å². The van der Waals surface area contributed by atoms with Gasteiger partial charge in [0.15, 0.2) is 5.65 Å². The molecule has 0 amide bonds. The number of aryl methyl sites for hydroxylation is 1. The van der Waals surface area contributed by atoms with Crippen LogP contribution in [0.1, 0.15) is 29.8 Å². The average molecular weight is 534 g/mol. The quantitative estimate of drug-likeness (QED) is 0.298. The molecule has 1 aliphatic carbocycles. The smallest absolute Gasteiger partial charge is 0.211 e. The van der Waals surface area contributed by atoms with E-state index in [1.165, 1.54) is 23.0 Å². The second-order valence-electron chi connectivity index (χ2n) is 9.94. The molecule has 11 heteroatoms. The molecule has 2 aliphatic rings. The Morgan fingerprint density at radius 3 is 2.73 bits per heavy atom. The fraction of sp³-hybridized carbons (Fsp3) is 0.385. The number of aliphatic hydroxyl groups excluding tert-OH is 1. The van der Waals surface area contributed by atoms with E-state index in [1.807, 2.05) is 39.4 Å². The van der Waals surface area contributed by atoms with E-state index in [4.69, 9.17) is 21.6 Å². The van der Waals surface area contributed by atoms with Crippen molar-refractivity contribution in [2.45, 2.75) is 42.4 Å². The van der Waals surface area contributed by atoms with Crippen LogP contribution in [0.4, 0.5) is 11.8 Å². The molecule has 1 aliphatic heterocycles. The molecule has 37 heavy (non-hydrogen) atoms. The standard InChI is InChI=1S/C26H29BClN7OS/c1-17-22(37-20-4-8-30-23(21(20)28)34(15-27)16-36)24-31-9-12-35(24)25(32-17)33-10-5-26(6-11-33)13-18-3-2-7-29-19(18)14-26/h2-4,7-9,12,36H,5-6,10-11,13-16,27H2,1H3. The molecule has 6 rings (SSSR count). The van der Waals surface area contributed by atoms with Crippen LogP contribution in [0.15, 0.2) is 52.8 Å². The first-order valence-electron chi connectivity index (χ1n) is 12.7. The highest BCUT2D eigenvalue weighted by Crippen LogP contribution is 2.45. The Labute approximate surface area is 226 Å². The van der Waals surface area contributed by atoms with Crippen LogP contribution in [0.5, 0.6) is 0 Å². The van der Waals surface area contributed by atoms with Gasteiger partial charge in [-0.1, -0.05) is 29.4 Å². The lowest BCUT2D eigenvalue weighted by molar-refractivity contribution is 0.230. The summed E-state index contributed by atoms with van der Waals surface area (Å²) in [6.45, 7) is 3.83. The molecule has 0 saturated carbocycles. The fourth-order valence-electron chi connectivity index (χ4n) is 5.68. The van der Waals surface area contributed by atoms with Crippen molar-refractivity contribution in [3.8, 4) is 0 Å². The molecule has 190 valence electrons. The molecule has 0 aromatic carbocycles. The molecule has 1 saturated heterocycles. The molecular formula is C26H29BClN7OS. The molecule has 4 aromatic rings. The normalized spacial score (nSPS) is 16.5.